The van der Waals surface area contributed by atoms with Crippen LogP contribution in [0.15, 0.2) is 30.3 Å². The second kappa shape index (κ2) is 6.63. The summed E-state index contributed by atoms with van der Waals surface area (Å²) in [5, 5.41) is 12.1. The van der Waals surface area contributed by atoms with Crippen molar-refractivity contribution >= 4 is 29.2 Å². The fourth-order valence-electron chi connectivity index (χ4n) is 3.28. The standard InChI is InChI=1S/C20H20N2O4/c1-11-8-12(2)17(10-16(11)20(25)26)21-19(24)15-4-5-18-14(9-15)6-7-22(18)13(3)23/h4-5,8-10H,6-7H2,1-3H3,(H,21,24)(H,25,26). The number of hydrogen-bond donors (Lipinski definition) is 2. The predicted octanol–water partition coefficient (Wildman–Crippen LogP) is 3.16. The van der Waals surface area contributed by atoms with E-state index in [1.54, 1.807) is 36.1 Å². The number of fused-ring (bicyclic) bond motifs is 1. The molecule has 0 unspecified atom stereocenters. The van der Waals surface area contributed by atoms with E-state index >= 15 is 0 Å². The normalized spacial score (nSPS) is 12.7. The van der Waals surface area contributed by atoms with Gasteiger partial charge < -0.3 is 15.3 Å². The molecule has 6 heteroatoms. The number of carbonyl (C=O) groups is 3. The molecule has 0 atom stereocenters. The van der Waals surface area contributed by atoms with Crippen molar-refractivity contribution in [3.8, 4) is 0 Å². The molecule has 0 aromatic heterocycles. The predicted molar refractivity (Wildman–Crippen MR) is 99.0 cm³/mol. The Morgan fingerprint density at radius 2 is 1.81 bits per heavy atom. The number of carboxylic acid groups (broad SMARTS) is 1. The summed E-state index contributed by atoms with van der Waals surface area (Å²) < 4.78 is 0. The van der Waals surface area contributed by atoms with E-state index in [2.05, 4.69) is 5.32 Å². The fraction of sp³-hybridized carbons (Fsp3) is 0.250. The van der Waals surface area contributed by atoms with E-state index in [9.17, 15) is 19.5 Å². The van der Waals surface area contributed by atoms with Crippen LogP contribution in [0.3, 0.4) is 0 Å². The number of nitrogens with zero attached hydrogens (tertiary/aromatic N) is 1. The van der Waals surface area contributed by atoms with Gasteiger partial charge in [-0.05, 0) is 61.2 Å². The molecule has 0 fully saturated rings. The van der Waals surface area contributed by atoms with Crippen LogP contribution in [-0.2, 0) is 11.2 Å². The molecule has 0 radical (unpaired) electrons. The number of aromatic carboxylic acids is 1. The molecule has 0 saturated heterocycles. The van der Waals surface area contributed by atoms with Crippen molar-refractivity contribution in [3.05, 3.63) is 58.1 Å². The van der Waals surface area contributed by atoms with Crippen molar-refractivity contribution in [1.82, 2.24) is 0 Å². The Bertz CT molecular complexity index is 934. The Labute approximate surface area is 151 Å². The molecule has 0 aliphatic carbocycles. The highest BCUT2D eigenvalue weighted by Gasteiger charge is 2.23. The van der Waals surface area contributed by atoms with Gasteiger partial charge in [-0.25, -0.2) is 4.79 Å². The molecule has 0 spiro atoms. The van der Waals surface area contributed by atoms with Crippen molar-refractivity contribution in [3.63, 3.8) is 0 Å². The summed E-state index contributed by atoms with van der Waals surface area (Å²) in [5.74, 6) is -1.35. The highest BCUT2D eigenvalue weighted by Crippen LogP contribution is 2.29. The van der Waals surface area contributed by atoms with Gasteiger partial charge in [-0.15, -0.1) is 0 Å². The quantitative estimate of drug-likeness (QED) is 0.888. The molecular weight excluding hydrogens is 332 g/mol. The third-order valence-corrected chi connectivity index (χ3v) is 4.67. The maximum absolute atomic E-state index is 12.6. The highest BCUT2D eigenvalue weighted by atomic mass is 16.4. The first-order chi connectivity index (χ1) is 12.3. The van der Waals surface area contributed by atoms with E-state index in [-0.39, 0.29) is 17.4 Å². The first-order valence-electron chi connectivity index (χ1n) is 8.35. The van der Waals surface area contributed by atoms with Gasteiger partial charge in [0.25, 0.3) is 5.91 Å². The lowest BCUT2D eigenvalue weighted by atomic mass is 10.0. The molecule has 1 aliphatic heterocycles. The van der Waals surface area contributed by atoms with Gasteiger partial charge in [-0.3, -0.25) is 9.59 Å². The largest absolute Gasteiger partial charge is 0.478 e. The number of benzene rings is 2. The molecule has 26 heavy (non-hydrogen) atoms. The molecule has 1 heterocycles. The molecule has 2 aromatic carbocycles. The lowest BCUT2D eigenvalue weighted by molar-refractivity contribution is -0.116. The van der Waals surface area contributed by atoms with Gasteiger partial charge in [0.15, 0.2) is 0 Å². The second-order valence-corrected chi connectivity index (χ2v) is 6.51. The molecule has 2 N–H and O–H groups in total. The van der Waals surface area contributed by atoms with E-state index in [0.717, 1.165) is 16.8 Å². The molecule has 0 bridgehead atoms. The van der Waals surface area contributed by atoms with Crippen LogP contribution in [0.5, 0.6) is 0 Å². The number of carbonyl (C=O) groups excluding carboxylic acids is 2. The topological polar surface area (TPSA) is 86.7 Å². The number of amides is 2. The van der Waals surface area contributed by atoms with Crippen LogP contribution in [-0.4, -0.2) is 29.4 Å². The summed E-state index contributed by atoms with van der Waals surface area (Å²) in [6.45, 7) is 5.69. The van der Waals surface area contributed by atoms with Crippen LogP contribution < -0.4 is 10.2 Å². The third-order valence-electron chi connectivity index (χ3n) is 4.67. The molecule has 134 valence electrons. The molecule has 3 rings (SSSR count). The first-order valence-corrected chi connectivity index (χ1v) is 8.35. The molecule has 0 saturated carbocycles. The SMILES string of the molecule is CC(=O)N1CCc2cc(C(=O)Nc3cc(C(=O)O)c(C)cc3C)ccc21. The summed E-state index contributed by atoms with van der Waals surface area (Å²) in [6.07, 6.45) is 0.711. The van der Waals surface area contributed by atoms with Gasteiger partial charge in [-0.1, -0.05) is 6.07 Å². The lowest BCUT2D eigenvalue weighted by Crippen LogP contribution is -2.25. The van der Waals surface area contributed by atoms with E-state index in [4.69, 9.17) is 0 Å². The van der Waals surface area contributed by atoms with Gasteiger partial charge in [0.1, 0.15) is 0 Å². The second-order valence-electron chi connectivity index (χ2n) is 6.51. The maximum Gasteiger partial charge on any atom is 0.336 e. The monoisotopic (exact) mass is 352 g/mol. The molecule has 6 nitrogen and oxygen atoms in total. The van der Waals surface area contributed by atoms with Gasteiger partial charge in [0, 0.05) is 30.4 Å². The summed E-state index contributed by atoms with van der Waals surface area (Å²) in [4.78, 5) is 37.2. The van der Waals surface area contributed by atoms with Crippen molar-refractivity contribution in [2.75, 3.05) is 16.8 Å². The van der Waals surface area contributed by atoms with Crippen molar-refractivity contribution < 1.29 is 19.5 Å². The van der Waals surface area contributed by atoms with Crippen LogP contribution in [0.1, 0.15) is 44.3 Å². The van der Waals surface area contributed by atoms with Crippen LogP contribution >= 0.6 is 0 Å². The van der Waals surface area contributed by atoms with Gasteiger partial charge >= 0.3 is 5.97 Å². The van der Waals surface area contributed by atoms with Crippen LogP contribution in [0.25, 0.3) is 0 Å². The minimum Gasteiger partial charge on any atom is -0.478 e. The zero-order valence-corrected chi connectivity index (χ0v) is 14.9. The smallest absolute Gasteiger partial charge is 0.336 e. The van der Waals surface area contributed by atoms with E-state index in [0.29, 0.717) is 29.8 Å². The number of carboxylic acids is 1. The highest BCUT2D eigenvalue weighted by molar-refractivity contribution is 6.06. The van der Waals surface area contributed by atoms with Gasteiger partial charge in [-0.2, -0.15) is 0 Å². The van der Waals surface area contributed by atoms with Crippen molar-refractivity contribution in [1.29, 1.82) is 0 Å². The molecular formula is C20H20N2O4. The molecule has 2 amide bonds. The summed E-state index contributed by atoms with van der Waals surface area (Å²) >= 11 is 0. The number of hydrogen-bond acceptors (Lipinski definition) is 3. The lowest BCUT2D eigenvalue weighted by Gasteiger charge is -2.15. The Balaban J connectivity index is 1.87. The van der Waals surface area contributed by atoms with Gasteiger partial charge in [0.2, 0.25) is 5.91 Å². The third kappa shape index (κ3) is 3.18. The van der Waals surface area contributed by atoms with E-state index in [1.165, 1.54) is 13.0 Å². The Morgan fingerprint density at radius 1 is 1.08 bits per heavy atom. The van der Waals surface area contributed by atoms with Crippen LogP contribution in [0.4, 0.5) is 11.4 Å². The van der Waals surface area contributed by atoms with E-state index < -0.39 is 5.97 Å². The summed E-state index contributed by atoms with van der Waals surface area (Å²) in [7, 11) is 0. The van der Waals surface area contributed by atoms with Crippen LogP contribution in [0.2, 0.25) is 0 Å². The number of nitrogens with one attached hydrogen (secondary N) is 1. The fourth-order valence-corrected chi connectivity index (χ4v) is 3.28. The van der Waals surface area contributed by atoms with Gasteiger partial charge in [0.05, 0.1) is 5.56 Å². The Hall–Kier alpha value is -3.15. The van der Waals surface area contributed by atoms with E-state index in [1.807, 2.05) is 6.92 Å². The Kier molecular flexibility index (Phi) is 4.50. The Morgan fingerprint density at radius 3 is 2.46 bits per heavy atom. The minimum atomic E-state index is -1.03. The summed E-state index contributed by atoms with van der Waals surface area (Å²) in [5.41, 5.74) is 4.36. The number of aryl methyl sites for hydroxylation is 2. The van der Waals surface area contributed by atoms with Crippen LogP contribution in [0, 0.1) is 13.8 Å². The molecule has 2 aromatic rings. The zero-order valence-electron chi connectivity index (χ0n) is 14.9. The molecule has 1 aliphatic rings. The van der Waals surface area contributed by atoms with Crippen molar-refractivity contribution in [2.45, 2.75) is 27.2 Å². The average molecular weight is 352 g/mol. The average Bonchev–Trinajstić information content (AvgIpc) is 3.00. The zero-order chi connectivity index (χ0) is 19.0. The van der Waals surface area contributed by atoms with Crippen molar-refractivity contribution in [2.24, 2.45) is 0 Å². The number of anilines is 2. The number of rotatable bonds is 3. The minimum absolute atomic E-state index is 0.0163. The first kappa shape index (κ1) is 17.7. The summed E-state index contributed by atoms with van der Waals surface area (Å²) in [6, 6.07) is 8.47. The maximum atomic E-state index is 12.6.